The molecule has 0 N–H and O–H groups in total. The number of thiazole rings is 1. The summed E-state index contributed by atoms with van der Waals surface area (Å²) in [6.45, 7) is 2.02. The molecule has 3 heteroatoms. The molecule has 4 aromatic rings. The number of aromatic nitrogens is 1. The van der Waals surface area contributed by atoms with Crippen molar-refractivity contribution in [1.29, 1.82) is 0 Å². The molecule has 132 valence electrons. The molecule has 0 unspecified atom stereocenters. The van der Waals surface area contributed by atoms with Gasteiger partial charge in [-0.05, 0) is 41.8 Å². The van der Waals surface area contributed by atoms with E-state index in [1.165, 1.54) is 11.3 Å². The lowest BCUT2D eigenvalue weighted by Crippen LogP contribution is -2.31. The van der Waals surface area contributed by atoms with Gasteiger partial charge in [-0.25, -0.2) is 0 Å². The third kappa shape index (κ3) is 3.55. The highest BCUT2D eigenvalue weighted by molar-refractivity contribution is 7.07. The van der Waals surface area contributed by atoms with Crippen LogP contribution in [0.4, 0.5) is 0 Å². The topological polar surface area (TPSA) is 22.0 Å². The van der Waals surface area contributed by atoms with Gasteiger partial charge in [0, 0.05) is 0 Å². The molecule has 0 aliphatic heterocycles. The van der Waals surface area contributed by atoms with Gasteiger partial charge in [-0.15, -0.1) is 11.3 Å². The summed E-state index contributed by atoms with van der Waals surface area (Å²) in [4.78, 5) is 13.3. The zero-order chi connectivity index (χ0) is 18.6. The van der Waals surface area contributed by atoms with Crippen molar-refractivity contribution < 1.29 is 0 Å². The molecule has 0 saturated heterocycles. The van der Waals surface area contributed by atoms with Crippen molar-refractivity contribution in [3.05, 3.63) is 122 Å². The van der Waals surface area contributed by atoms with E-state index in [9.17, 15) is 4.79 Å². The van der Waals surface area contributed by atoms with Crippen LogP contribution in [0.5, 0.6) is 0 Å². The van der Waals surface area contributed by atoms with Gasteiger partial charge in [0.1, 0.15) is 4.66 Å². The minimum absolute atomic E-state index is 0.0229. The lowest BCUT2D eigenvalue weighted by molar-refractivity contribution is 0.989. The fourth-order valence-corrected chi connectivity index (χ4v) is 4.19. The molecule has 0 aliphatic rings. The summed E-state index contributed by atoms with van der Waals surface area (Å²) in [7, 11) is 0. The Morgan fingerprint density at radius 3 is 2.00 bits per heavy atom. The van der Waals surface area contributed by atoms with Gasteiger partial charge in [0.25, 0.3) is 5.56 Å². The molecule has 2 nitrogen and oxygen atoms in total. The van der Waals surface area contributed by atoms with Crippen LogP contribution in [0, 0.1) is 0 Å². The Labute approximate surface area is 162 Å². The maximum absolute atomic E-state index is 13.3. The second kappa shape index (κ2) is 7.60. The van der Waals surface area contributed by atoms with E-state index >= 15 is 0 Å². The van der Waals surface area contributed by atoms with Crippen molar-refractivity contribution in [2.45, 2.75) is 6.92 Å². The minimum Gasteiger partial charge on any atom is -0.267 e. The summed E-state index contributed by atoms with van der Waals surface area (Å²) in [6, 6.07) is 30.0. The highest BCUT2D eigenvalue weighted by Crippen LogP contribution is 2.10. The summed E-state index contributed by atoms with van der Waals surface area (Å²) in [6.07, 6.45) is 2.07. The molecular weight excluding hydrogens is 350 g/mol. The molecule has 0 saturated carbocycles. The van der Waals surface area contributed by atoms with Crippen molar-refractivity contribution >= 4 is 23.0 Å². The van der Waals surface area contributed by atoms with Crippen molar-refractivity contribution in [3.8, 4) is 5.69 Å². The molecule has 0 fully saturated rings. The summed E-state index contributed by atoms with van der Waals surface area (Å²) < 4.78 is 3.49. The molecule has 0 atom stereocenters. The van der Waals surface area contributed by atoms with Crippen LogP contribution in [-0.2, 0) is 0 Å². The molecule has 27 heavy (non-hydrogen) atoms. The molecule has 0 radical (unpaired) electrons. The molecule has 1 aromatic heterocycles. The number of hydrogen-bond acceptors (Lipinski definition) is 2. The first-order valence-corrected chi connectivity index (χ1v) is 9.66. The van der Waals surface area contributed by atoms with E-state index in [0.717, 1.165) is 31.6 Å². The average molecular weight is 369 g/mol. The van der Waals surface area contributed by atoms with Crippen LogP contribution < -0.4 is 14.8 Å². The first-order valence-electron chi connectivity index (χ1n) is 8.84. The van der Waals surface area contributed by atoms with Crippen molar-refractivity contribution in [2.75, 3.05) is 0 Å². The molecule has 0 amide bonds. The van der Waals surface area contributed by atoms with Gasteiger partial charge in [0.05, 0.1) is 10.2 Å². The Morgan fingerprint density at radius 2 is 1.37 bits per heavy atom. The summed E-state index contributed by atoms with van der Waals surface area (Å²) in [5.41, 5.74) is 4.06. The number of benzene rings is 3. The van der Waals surface area contributed by atoms with E-state index < -0.39 is 0 Å². The van der Waals surface area contributed by atoms with E-state index in [0.29, 0.717) is 0 Å². The number of hydrogen-bond donors (Lipinski definition) is 0. The van der Waals surface area contributed by atoms with Crippen LogP contribution in [0.15, 0.2) is 95.8 Å². The van der Waals surface area contributed by atoms with Crippen LogP contribution in [0.3, 0.4) is 0 Å². The fraction of sp³-hybridized carbons (Fsp3) is 0.0417. The smallest absolute Gasteiger partial charge is 0.267 e. The molecule has 3 aromatic carbocycles. The van der Waals surface area contributed by atoms with Gasteiger partial charge in [-0.2, -0.15) is 0 Å². The fourth-order valence-electron chi connectivity index (χ4n) is 3.06. The average Bonchev–Trinajstić information content (AvgIpc) is 3.05. The van der Waals surface area contributed by atoms with Gasteiger partial charge >= 0.3 is 0 Å². The van der Waals surface area contributed by atoms with Crippen LogP contribution in [0.25, 0.3) is 17.3 Å². The van der Waals surface area contributed by atoms with Crippen LogP contribution in [0.2, 0.25) is 0 Å². The zero-order valence-corrected chi connectivity index (χ0v) is 15.8. The molecule has 0 bridgehead atoms. The Balaban J connectivity index is 2.05. The highest BCUT2D eigenvalue weighted by Gasteiger charge is 2.09. The van der Waals surface area contributed by atoms with E-state index in [-0.39, 0.29) is 5.56 Å². The van der Waals surface area contributed by atoms with Crippen LogP contribution in [0.1, 0.15) is 18.1 Å². The van der Waals surface area contributed by atoms with Gasteiger partial charge < -0.3 is 0 Å². The number of nitrogens with zero attached hydrogens (tertiary/aromatic N) is 1. The Kier molecular flexibility index (Phi) is 4.86. The molecule has 0 aliphatic carbocycles. The second-order valence-corrected chi connectivity index (χ2v) is 7.32. The quantitative estimate of drug-likeness (QED) is 0.536. The molecular formula is C24H19NOS. The summed E-state index contributed by atoms with van der Waals surface area (Å²) in [5.74, 6) is 0. The standard InChI is InChI=1S/C24H19NOS/c1-18(20-13-7-3-8-14-20)23-24(26)25(21-15-9-4-10-16-21)22(27-23)17-19-11-5-2-6-12-19/h2-17H,1H3/b22-17-,23-18-. The van der Waals surface area contributed by atoms with Gasteiger partial charge in [-0.3, -0.25) is 9.36 Å². The predicted octanol–water partition coefficient (Wildman–Crippen LogP) is 3.95. The lowest BCUT2D eigenvalue weighted by atomic mass is 10.1. The lowest BCUT2D eigenvalue weighted by Gasteiger charge is -2.01. The van der Waals surface area contributed by atoms with Gasteiger partial charge in [-0.1, -0.05) is 78.9 Å². The summed E-state index contributed by atoms with van der Waals surface area (Å²) >= 11 is 1.54. The molecule has 4 rings (SSSR count). The van der Waals surface area contributed by atoms with Gasteiger partial charge in [0.2, 0.25) is 0 Å². The maximum atomic E-state index is 13.3. The van der Waals surface area contributed by atoms with Crippen molar-refractivity contribution in [2.24, 2.45) is 0 Å². The maximum Gasteiger partial charge on any atom is 0.273 e. The Hall–Kier alpha value is -3.17. The zero-order valence-electron chi connectivity index (χ0n) is 15.0. The van der Waals surface area contributed by atoms with E-state index in [1.807, 2.05) is 97.9 Å². The van der Waals surface area contributed by atoms with Crippen molar-refractivity contribution in [3.63, 3.8) is 0 Å². The molecule has 1 heterocycles. The first-order chi connectivity index (χ1) is 13.2. The van der Waals surface area contributed by atoms with Crippen molar-refractivity contribution in [1.82, 2.24) is 4.57 Å². The summed E-state index contributed by atoms with van der Waals surface area (Å²) in [5, 5.41) is 0. The number of para-hydroxylation sites is 1. The monoisotopic (exact) mass is 369 g/mol. The predicted molar refractivity (Wildman–Crippen MR) is 114 cm³/mol. The Bertz CT molecular complexity index is 1220. The third-order valence-corrected chi connectivity index (χ3v) is 5.67. The number of rotatable bonds is 3. The first kappa shape index (κ1) is 17.3. The molecule has 0 spiro atoms. The largest absolute Gasteiger partial charge is 0.273 e. The normalized spacial score (nSPS) is 12.9. The van der Waals surface area contributed by atoms with Gasteiger partial charge in [0.15, 0.2) is 0 Å². The van der Waals surface area contributed by atoms with Crippen LogP contribution >= 0.6 is 11.3 Å². The second-order valence-electron chi connectivity index (χ2n) is 6.29. The third-order valence-electron chi connectivity index (χ3n) is 4.48. The van der Waals surface area contributed by atoms with E-state index in [4.69, 9.17) is 0 Å². The van der Waals surface area contributed by atoms with Crippen LogP contribution in [-0.4, -0.2) is 4.57 Å². The Morgan fingerprint density at radius 1 is 0.815 bits per heavy atom. The van der Waals surface area contributed by atoms with E-state index in [2.05, 4.69) is 6.08 Å². The van der Waals surface area contributed by atoms with E-state index in [1.54, 1.807) is 4.57 Å². The minimum atomic E-state index is 0.0229. The SMILES string of the molecule is C/C(c1ccccc1)=c1/s/c(=C\c2ccccc2)n(-c2ccccc2)c1=O. The highest BCUT2D eigenvalue weighted by atomic mass is 32.1.